The minimum Gasteiger partial charge on any atom is -0.384 e. The standard InChI is InChI=1S/C9H12N4O/c10-3-1-4-11-8-2-5-12-9-7(8)6-13-14-9/h2,5-6H,1,3-4,10H2,(H,11,12). The van der Waals surface area contributed by atoms with Gasteiger partial charge in [0.1, 0.15) is 0 Å². The summed E-state index contributed by atoms with van der Waals surface area (Å²) in [6.07, 6.45) is 4.29. The van der Waals surface area contributed by atoms with E-state index in [4.69, 9.17) is 10.3 Å². The third-order valence-corrected chi connectivity index (χ3v) is 1.97. The van der Waals surface area contributed by atoms with Gasteiger partial charge in [0.2, 0.25) is 0 Å². The molecule has 0 bridgehead atoms. The number of fused-ring (bicyclic) bond motifs is 1. The van der Waals surface area contributed by atoms with Crippen LogP contribution in [0.5, 0.6) is 0 Å². The summed E-state index contributed by atoms with van der Waals surface area (Å²) in [5, 5.41) is 7.85. The molecule has 0 aliphatic rings. The number of aromatic nitrogens is 2. The minimum atomic E-state index is 0.558. The van der Waals surface area contributed by atoms with Crippen LogP contribution in [0.1, 0.15) is 6.42 Å². The summed E-state index contributed by atoms with van der Waals surface area (Å²) in [6, 6.07) is 1.90. The van der Waals surface area contributed by atoms with Gasteiger partial charge >= 0.3 is 0 Å². The van der Waals surface area contributed by atoms with Gasteiger partial charge in [-0.3, -0.25) is 0 Å². The highest BCUT2D eigenvalue weighted by molar-refractivity contribution is 5.86. The van der Waals surface area contributed by atoms with Gasteiger partial charge in [0.05, 0.1) is 17.3 Å². The molecule has 14 heavy (non-hydrogen) atoms. The number of nitrogens with one attached hydrogen (secondary N) is 1. The Bertz CT molecular complexity index is 412. The van der Waals surface area contributed by atoms with Crippen molar-refractivity contribution < 1.29 is 4.52 Å². The van der Waals surface area contributed by atoms with Crippen molar-refractivity contribution in [2.45, 2.75) is 6.42 Å². The van der Waals surface area contributed by atoms with E-state index in [1.54, 1.807) is 12.4 Å². The highest BCUT2D eigenvalue weighted by Gasteiger charge is 2.03. The van der Waals surface area contributed by atoms with Crippen LogP contribution in [0.2, 0.25) is 0 Å². The molecule has 5 heteroatoms. The van der Waals surface area contributed by atoms with Gasteiger partial charge in [0, 0.05) is 12.7 Å². The van der Waals surface area contributed by atoms with E-state index in [0.29, 0.717) is 12.3 Å². The molecule has 0 fully saturated rings. The number of nitrogens with zero attached hydrogens (tertiary/aromatic N) is 2. The summed E-state index contributed by atoms with van der Waals surface area (Å²) >= 11 is 0. The highest BCUT2D eigenvalue weighted by Crippen LogP contribution is 2.20. The van der Waals surface area contributed by atoms with Crippen molar-refractivity contribution in [1.29, 1.82) is 0 Å². The average molecular weight is 192 g/mol. The van der Waals surface area contributed by atoms with E-state index in [2.05, 4.69) is 15.5 Å². The lowest BCUT2D eigenvalue weighted by Gasteiger charge is -2.04. The van der Waals surface area contributed by atoms with Crippen molar-refractivity contribution in [2.75, 3.05) is 18.4 Å². The molecule has 0 aliphatic carbocycles. The molecule has 2 heterocycles. The predicted molar refractivity (Wildman–Crippen MR) is 54.0 cm³/mol. The molecule has 0 saturated carbocycles. The molecule has 0 unspecified atom stereocenters. The van der Waals surface area contributed by atoms with Crippen LogP contribution < -0.4 is 11.1 Å². The van der Waals surface area contributed by atoms with Gasteiger partial charge in [-0.1, -0.05) is 5.16 Å². The third kappa shape index (κ3) is 1.67. The van der Waals surface area contributed by atoms with E-state index in [1.165, 1.54) is 0 Å². The molecule has 0 aromatic carbocycles. The van der Waals surface area contributed by atoms with E-state index < -0.39 is 0 Å². The van der Waals surface area contributed by atoms with Gasteiger partial charge in [-0.25, -0.2) is 4.98 Å². The lowest BCUT2D eigenvalue weighted by Crippen LogP contribution is -2.08. The van der Waals surface area contributed by atoms with Crippen molar-refractivity contribution in [3.63, 3.8) is 0 Å². The quantitative estimate of drug-likeness (QED) is 0.706. The van der Waals surface area contributed by atoms with Crippen molar-refractivity contribution in [3.05, 3.63) is 18.5 Å². The smallest absolute Gasteiger partial charge is 0.259 e. The van der Waals surface area contributed by atoms with Gasteiger partial charge < -0.3 is 15.6 Å². The second kappa shape index (κ2) is 4.06. The Hall–Kier alpha value is -1.62. The number of nitrogens with two attached hydrogens (primary N) is 1. The van der Waals surface area contributed by atoms with E-state index in [-0.39, 0.29) is 0 Å². The molecule has 0 amide bonds. The van der Waals surface area contributed by atoms with Crippen LogP contribution >= 0.6 is 0 Å². The van der Waals surface area contributed by atoms with Crippen LogP contribution in [-0.4, -0.2) is 23.2 Å². The fourth-order valence-electron chi connectivity index (χ4n) is 1.26. The molecule has 0 radical (unpaired) electrons. The van der Waals surface area contributed by atoms with Crippen molar-refractivity contribution in [2.24, 2.45) is 5.73 Å². The molecule has 5 nitrogen and oxygen atoms in total. The van der Waals surface area contributed by atoms with Crippen LogP contribution in [0.3, 0.4) is 0 Å². The lowest BCUT2D eigenvalue weighted by molar-refractivity contribution is 0.448. The van der Waals surface area contributed by atoms with Crippen molar-refractivity contribution in [1.82, 2.24) is 10.1 Å². The van der Waals surface area contributed by atoms with Gasteiger partial charge in [-0.15, -0.1) is 0 Å². The van der Waals surface area contributed by atoms with E-state index in [0.717, 1.165) is 24.0 Å². The Morgan fingerprint density at radius 2 is 2.43 bits per heavy atom. The molecule has 0 spiro atoms. The monoisotopic (exact) mass is 192 g/mol. The first-order valence-corrected chi connectivity index (χ1v) is 4.55. The average Bonchev–Trinajstić information content (AvgIpc) is 2.67. The van der Waals surface area contributed by atoms with Crippen LogP contribution in [-0.2, 0) is 0 Å². The molecule has 3 N–H and O–H groups in total. The molecule has 2 rings (SSSR count). The van der Waals surface area contributed by atoms with Gasteiger partial charge in [0.15, 0.2) is 0 Å². The zero-order valence-electron chi connectivity index (χ0n) is 7.73. The molecule has 0 aliphatic heterocycles. The lowest BCUT2D eigenvalue weighted by atomic mass is 10.3. The summed E-state index contributed by atoms with van der Waals surface area (Å²) in [4.78, 5) is 4.04. The Labute approximate surface area is 81.3 Å². The Balaban J connectivity index is 2.19. The number of hydrogen-bond acceptors (Lipinski definition) is 5. The van der Waals surface area contributed by atoms with Gasteiger partial charge in [-0.05, 0) is 19.0 Å². The number of pyridine rings is 1. The first-order chi connectivity index (χ1) is 6.92. The third-order valence-electron chi connectivity index (χ3n) is 1.97. The highest BCUT2D eigenvalue weighted by atomic mass is 16.5. The van der Waals surface area contributed by atoms with Crippen molar-refractivity contribution >= 4 is 16.8 Å². The first kappa shape index (κ1) is 8.96. The van der Waals surface area contributed by atoms with E-state index in [1.807, 2.05) is 6.07 Å². The largest absolute Gasteiger partial charge is 0.384 e. The fraction of sp³-hybridized carbons (Fsp3) is 0.333. The minimum absolute atomic E-state index is 0.558. The summed E-state index contributed by atoms with van der Waals surface area (Å²) in [7, 11) is 0. The van der Waals surface area contributed by atoms with E-state index >= 15 is 0 Å². The SMILES string of the molecule is NCCCNc1ccnc2oncc12. The molecule has 0 saturated heterocycles. The Kier molecular flexibility index (Phi) is 2.60. The normalized spacial score (nSPS) is 10.6. The molecule has 2 aromatic rings. The predicted octanol–water partition coefficient (Wildman–Crippen LogP) is 0.983. The number of hydrogen-bond donors (Lipinski definition) is 2. The zero-order valence-corrected chi connectivity index (χ0v) is 7.73. The first-order valence-electron chi connectivity index (χ1n) is 4.55. The molecular weight excluding hydrogens is 180 g/mol. The maximum absolute atomic E-state index is 5.40. The molecular formula is C9H12N4O. The topological polar surface area (TPSA) is 77.0 Å². The maximum atomic E-state index is 5.40. The Morgan fingerprint density at radius 1 is 1.50 bits per heavy atom. The second-order valence-corrected chi connectivity index (χ2v) is 2.97. The summed E-state index contributed by atoms with van der Waals surface area (Å²) < 4.78 is 4.94. The number of rotatable bonds is 4. The molecule has 74 valence electrons. The number of anilines is 1. The second-order valence-electron chi connectivity index (χ2n) is 2.97. The van der Waals surface area contributed by atoms with Gasteiger partial charge in [0.25, 0.3) is 5.71 Å². The summed E-state index contributed by atoms with van der Waals surface area (Å²) in [6.45, 7) is 1.53. The van der Waals surface area contributed by atoms with Crippen LogP contribution in [0.15, 0.2) is 23.0 Å². The summed E-state index contributed by atoms with van der Waals surface area (Å²) in [5.41, 5.74) is 6.95. The van der Waals surface area contributed by atoms with Crippen LogP contribution in [0.4, 0.5) is 5.69 Å². The Morgan fingerprint density at radius 3 is 3.29 bits per heavy atom. The maximum Gasteiger partial charge on any atom is 0.259 e. The van der Waals surface area contributed by atoms with Crippen molar-refractivity contribution in [3.8, 4) is 0 Å². The zero-order chi connectivity index (χ0) is 9.80. The molecule has 2 aromatic heterocycles. The molecule has 0 atom stereocenters. The van der Waals surface area contributed by atoms with Gasteiger partial charge in [-0.2, -0.15) is 0 Å². The van der Waals surface area contributed by atoms with E-state index in [9.17, 15) is 0 Å². The fourth-order valence-corrected chi connectivity index (χ4v) is 1.26. The van der Waals surface area contributed by atoms with Crippen LogP contribution in [0, 0.1) is 0 Å². The van der Waals surface area contributed by atoms with Crippen LogP contribution in [0.25, 0.3) is 11.1 Å². The summed E-state index contributed by atoms with van der Waals surface area (Å²) in [5.74, 6) is 0.